The molecule has 6 aromatic carbocycles. The first kappa shape index (κ1) is 29.0. The van der Waals surface area contributed by atoms with E-state index in [-0.39, 0.29) is 5.54 Å². The van der Waals surface area contributed by atoms with Gasteiger partial charge in [0.2, 0.25) is 0 Å². The summed E-state index contributed by atoms with van der Waals surface area (Å²) in [6.45, 7) is 2.80. The van der Waals surface area contributed by atoms with E-state index in [1.807, 2.05) is 0 Å². The van der Waals surface area contributed by atoms with Crippen molar-refractivity contribution >= 4 is 5.69 Å². The van der Waals surface area contributed by atoms with Gasteiger partial charge in [0.1, 0.15) is 0 Å². The number of nitrogens with two attached hydrogens (primary N) is 1. The molecule has 47 heavy (non-hydrogen) atoms. The maximum atomic E-state index is 6.14. The highest BCUT2D eigenvalue weighted by Crippen LogP contribution is 2.58. The average molecular weight is 607 g/mol. The largest absolute Gasteiger partial charge is 0.376 e. The van der Waals surface area contributed by atoms with E-state index in [0.717, 1.165) is 17.7 Å². The van der Waals surface area contributed by atoms with E-state index in [9.17, 15) is 0 Å². The van der Waals surface area contributed by atoms with Gasteiger partial charge in [-0.05, 0) is 81.1 Å². The summed E-state index contributed by atoms with van der Waals surface area (Å²) in [5.74, 6) is 0. The van der Waals surface area contributed by atoms with Gasteiger partial charge in [-0.1, -0.05) is 158 Å². The topological polar surface area (TPSA) is 38.0 Å². The molecule has 2 aliphatic rings. The van der Waals surface area contributed by atoms with Crippen LogP contribution in [0.3, 0.4) is 0 Å². The highest BCUT2D eigenvalue weighted by atomic mass is 15.0. The molecule has 1 unspecified atom stereocenters. The van der Waals surface area contributed by atoms with Crippen LogP contribution in [0.15, 0.2) is 175 Å². The average Bonchev–Trinajstić information content (AvgIpc) is 3.42. The van der Waals surface area contributed by atoms with Crippen molar-refractivity contribution in [3.05, 3.63) is 198 Å². The van der Waals surface area contributed by atoms with Crippen molar-refractivity contribution < 1.29 is 0 Å². The molecule has 0 spiro atoms. The maximum Gasteiger partial charge on any atom is 0.0714 e. The lowest BCUT2D eigenvalue weighted by Crippen LogP contribution is -2.35. The molecule has 0 fully saturated rings. The predicted octanol–water partition coefficient (Wildman–Crippen LogP) is 10.4. The zero-order valence-corrected chi connectivity index (χ0v) is 26.7. The van der Waals surface area contributed by atoms with E-state index >= 15 is 0 Å². The van der Waals surface area contributed by atoms with Gasteiger partial charge in [0.25, 0.3) is 0 Å². The molecular weight excluding hydrogens is 569 g/mol. The van der Waals surface area contributed by atoms with Gasteiger partial charge in [-0.3, -0.25) is 0 Å². The Bertz CT molecular complexity index is 2070. The molecule has 0 saturated carbocycles. The van der Waals surface area contributed by atoms with Gasteiger partial charge >= 0.3 is 0 Å². The third kappa shape index (κ3) is 4.93. The van der Waals surface area contributed by atoms with Crippen LogP contribution in [0.1, 0.15) is 35.6 Å². The van der Waals surface area contributed by atoms with Crippen LogP contribution in [-0.4, -0.2) is 12.1 Å². The molecule has 0 aliphatic heterocycles. The van der Waals surface area contributed by atoms with Gasteiger partial charge in [0, 0.05) is 17.8 Å². The highest BCUT2D eigenvalue weighted by molar-refractivity contribution is 5.93. The minimum atomic E-state index is -0.466. The predicted molar refractivity (Wildman–Crippen MR) is 198 cm³/mol. The van der Waals surface area contributed by atoms with E-state index in [0.29, 0.717) is 6.54 Å². The second kappa shape index (κ2) is 11.7. The van der Waals surface area contributed by atoms with Crippen LogP contribution in [0, 0.1) is 0 Å². The van der Waals surface area contributed by atoms with E-state index in [1.165, 1.54) is 55.6 Å². The highest BCUT2D eigenvalue weighted by Gasteiger charge is 2.46. The zero-order chi connectivity index (χ0) is 31.8. The molecule has 3 N–H and O–H groups in total. The Labute approximate surface area is 278 Å². The summed E-state index contributed by atoms with van der Waals surface area (Å²) in [6.07, 6.45) is 7.58. The first-order valence-corrected chi connectivity index (χ1v) is 16.5. The number of nitrogens with one attached hydrogen (secondary N) is 1. The monoisotopic (exact) mass is 606 g/mol. The Hall–Kier alpha value is -5.44. The lowest BCUT2D eigenvalue weighted by molar-refractivity contribution is 0.633. The minimum absolute atomic E-state index is 0.288. The van der Waals surface area contributed by atoms with E-state index in [2.05, 4.69) is 182 Å². The summed E-state index contributed by atoms with van der Waals surface area (Å²) in [4.78, 5) is 0. The number of hydrogen-bond acceptors (Lipinski definition) is 2. The molecule has 0 amide bonds. The molecule has 6 aromatic rings. The zero-order valence-electron chi connectivity index (χ0n) is 26.7. The molecule has 2 nitrogen and oxygen atoms in total. The molecule has 0 aromatic heterocycles. The third-order valence-electron chi connectivity index (χ3n) is 9.93. The smallest absolute Gasteiger partial charge is 0.0714 e. The van der Waals surface area contributed by atoms with Gasteiger partial charge in [-0.2, -0.15) is 0 Å². The Balaban J connectivity index is 1.39. The first-order valence-electron chi connectivity index (χ1n) is 16.5. The van der Waals surface area contributed by atoms with Gasteiger partial charge in [0.15, 0.2) is 0 Å². The normalized spacial score (nSPS) is 17.4. The van der Waals surface area contributed by atoms with E-state index in [4.69, 9.17) is 5.73 Å². The number of hydrogen-bond donors (Lipinski definition) is 2. The summed E-state index contributed by atoms with van der Waals surface area (Å²) in [6, 6.07) is 55.4. The fraction of sp³-hybridized carbons (Fsp3) is 0.111. The molecule has 0 heterocycles. The van der Waals surface area contributed by atoms with Crippen molar-refractivity contribution in [3.8, 4) is 33.4 Å². The Morgan fingerprint density at radius 2 is 1.15 bits per heavy atom. The van der Waals surface area contributed by atoms with Crippen LogP contribution in [0.2, 0.25) is 0 Å². The van der Waals surface area contributed by atoms with Crippen molar-refractivity contribution in [2.45, 2.75) is 24.3 Å². The summed E-state index contributed by atoms with van der Waals surface area (Å²) >= 11 is 0. The number of anilines is 1. The van der Waals surface area contributed by atoms with Gasteiger partial charge in [0.05, 0.1) is 11.0 Å². The molecule has 228 valence electrons. The summed E-state index contributed by atoms with van der Waals surface area (Å²) in [5.41, 5.74) is 20.1. The molecular formula is C45H38N2. The van der Waals surface area contributed by atoms with Crippen LogP contribution in [0.5, 0.6) is 0 Å². The third-order valence-corrected chi connectivity index (χ3v) is 9.93. The molecule has 0 bridgehead atoms. The quantitative estimate of drug-likeness (QED) is 0.189. The molecule has 8 rings (SSSR count). The van der Waals surface area contributed by atoms with Crippen LogP contribution in [0.4, 0.5) is 5.69 Å². The van der Waals surface area contributed by atoms with E-state index < -0.39 is 5.41 Å². The lowest BCUT2D eigenvalue weighted by Gasteiger charge is -2.36. The maximum absolute atomic E-state index is 6.14. The molecule has 0 radical (unpaired) electrons. The second-order valence-corrected chi connectivity index (χ2v) is 13.0. The van der Waals surface area contributed by atoms with Crippen LogP contribution in [-0.2, 0) is 5.41 Å². The fourth-order valence-electron chi connectivity index (χ4n) is 7.80. The summed E-state index contributed by atoms with van der Waals surface area (Å²) in [5, 5.41) is 4.05. The first-order chi connectivity index (χ1) is 23.1. The Kier molecular flexibility index (Phi) is 7.24. The molecule has 2 heteroatoms. The van der Waals surface area contributed by atoms with E-state index in [1.54, 1.807) is 0 Å². The van der Waals surface area contributed by atoms with Crippen LogP contribution >= 0.6 is 0 Å². The van der Waals surface area contributed by atoms with Crippen molar-refractivity contribution in [1.82, 2.24) is 0 Å². The second-order valence-electron chi connectivity index (χ2n) is 13.0. The number of fused-ring (bicyclic) bond motifs is 3. The summed E-state index contributed by atoms with van der Waals surface area (Å²) < 4.78 is 0. The fourth-order valence-corrected chi connectivity index (χ4v) is 7.80. The molecule has 0 saturated heterocycles. The van der Waals surface area contributed by atoms with Gasteiger partial charge in [-0.25, -0.2) is 0 Å². The van der Waals surface area contributed by atoms with Gasteiger partial charge in [-0.15, -0.1) is 0 Å². The lowest BCUT2D eigenvalue weighted by atomic mass is 9.67. The van der Waals surface area contributed by atoms with Crippen molar-refractivity contribution in [3.63, 3.8) is 0 Å². The molecule has 1 atom stereocenters. The van der Waals surface area contributed by atoms with Crippen LogP contribution < -0.4 is 11.1 Å². The van der Waals surface area contributed by atoms with Crippen molar-refractivity contribution in [1.29, 1.82) is 0 Å². The van der Waals surface area contributed by atoms with Crippen molar-refractivity contribution in [2.75, 3.05) is 11.9 Å². The van der Waals surface area contributed by atoms with Crippen LogP contribution in [0.25, 0.3) is 33.4 Å². The molecule has 2 aliphatic carbocycles. The van der Waals surface area contributed by atoms with Crippen molar-refractivity contribution in [2.24, 2.45) is 5.73 Å². The minimum Gasteiger partial charge on any atom is -0.376 e. The Morgan fingerprint density at radius 1 is 0.574 bits per heavy atom. The van der Waals surface area contributed by atoms with Gasteiger partial charge < -0.3 is 11.1 Å². The standard InChI is InChI=1S/C45H38N2/c1-44(27-13-14-32(30-44)31-46)47-43-29-42-40(28-39(43)35-25-23-34(24-26-35)33-15-5-2-6-16-33)38-21-11-12-22-41(38)45(42,36-17-7-3-8-18-36)37-19-9-4-10-20-37/h2-26,28-30,47H,27,31,46H2,1H3. The number of rotatable bonds is 7. The SMILES string of the molecule is CC1(Nc2cc3c(cc2-c2ccc(-c4ccccc4)cc2)-c2ccccc2C3(c2ccccc2)c2ccccc2)C=C(CN)C=CC1. The Morgan fingerprint density at radius 3 is 1.81 bits per heavy atom. The number of benzene rings is 6. The summed E-state index contributed by atoms with van der Waals surface area (Å²) in [7, 11) is 0.